The molecule has 3 rings (SSSR count). The second kappa shape index (κ2) is 8.23. The SMILES string of the molecule is O=C(CCOc1ccccc1)Nc1cccc(N2CCCCS2(=O)=O)c1. The van der Waals surface area contributed by atoms with Crippen LogP contribution in [0.25, 0.3) is 0 Å². The van der Waals surface area contributed by atoms with E-state index < -0.39 is 10.0 Å². The average Bonchev–Trinajstić information content (AvgIpc) is 2.62. The summed E-state index contributed by atoms with van der Waals surface area (Å²) in [5, 5.41) is 2.79. The molecular formula is C19H22N2O4S. The summed E-state index contributed by atoms with van der Waals surface area (Å²) in [5.41, 5.74) is 1.16. The van der Waals surface area contributed by atoms with Crippen LogP contribution in [0.5, 0.6) is 5.75 Å². The van der Waals surface area contributed by atoms with E-state index in [4.69, 9.17) is 4.74 Å². The third kappa shape index (κ3) is 4.76. The Labute approximate surface area is 153 Å². The first-order chi connectivity index (χ1) is 12.5. The molecule has 0 radical (unpaired) electrons. The quantitative estimate of drug-likeness (QED) is 0.843. The number of hydrogen-bond donors (Lipinski definition) is 1. The number of nitrogens with one attached hydrogen (secondary N) is 1. The van der Waals surface area contributed by atoms with Crippen molar-refractivity contribution < 1.29 is 17.9 Å². The van der Waals surface area contributed by atoms with Crippen molar-refractivity contribution in [3.8, 4) is 5.75 Å². The molecule has 1 heterocycles. The van der Waals surface area contributed by atoms with Crippen molar-refractivity contribution in [2.75, 3.05) is 28.5 Å². The topological polar surface area (TPSA) is 75.7 Å². The van der Waals surface area contributed by atoms with E-state index in [-0.39, 0.29) is 24.7 Å². The Kier molecular flexibility index (Phi) is 5.78. The van der Waals surface area contributed by atoms with E-state index in [0.717, 1.165) is 12.2 Å². The Morgan fingerprint density at radius 1 is 1.08 bits per heavy atom. The first kappa shape index (κ1) is 18.3. The highest BCUT2D eigenvalue weighted by Gasteiger charge is 2.26. The van der Waals surface area contributed by atoms with Crippen molar-refractivity contribution in [3.63, 3.8) is 0 Å². The molecule has 0 unspecified atom stereocenters. The summed E-state index contributed by atoms with van der Waals surface area (Å²) in [6.07, 6.45) is 1.74. The average molecular weight is 374 g/mol. The highest BCUT2D eigenvalue weighted by molar-refractivity contribution is 7.92. The zero-order valence-corrected chi connectivity index (χ0v) is 15.2. The Morgan fingerprint density at radius 3 is 2.65 bits per heavy atom. The highest BCUT2D eigenvalue weighted by atomic mass is 32.2. The van der Waals surface area contributed by atoms with Gasteiger partial charge in [-0.3, -0.25) is 9.10 Å². The lowest BCUT2D eigenvalue weighted by atomic mass is 10.2. The molecule has 0 aromatic heterocycles. The number of anilines is 2. The van der Waals surface area contributed by atoms with Gasteiger partial charge in [-0.25, -0.2) is 8.42 Å². The van der Waals surface area contributed by atoms with Gasteiger partial charge in [-0.2, -0.15) is 0 Å². The summed E-state index contributed by atoms with van der Waals surface area (Å²) in [7, 11) is -3.27. The summed E-state index contributed by atoms with van der Waals surface area (Å²) in [5.74, 6) is 0.706. The minimum absolute atomic E-state index is 0.167. The molecule has 0 saturated carbocycles. The number of carbonyl (C=O) groups excluding carboxylic acids is 1. The van der Waals surface area contributed by atoms with Gasteiger partial charge >= 0.3 is 0 Å². The lowest BCUT2D eigenvalue weighted by Gasteiger charge is -2.28. The minimum atomic E-state index is -3.27. The van der Waals surface area contributed by atoms with Crippen LogP contribution in [0.4, 0.5) is 11.4 Å². The number of rotatable bonds is 6. The van der Waals surface area contributed by atoms with Gasteiger partial charge in [-0.1, -0.05) is 24.3 Å². The lowest BCUT2D eigenvalue weighted by molar-refractivity contribution is -0.116. The number of hydrogen-bond acceptors (Lipinski definition) is 4. The Morgan fingerprint density at radius 2 is 1.88 bits per heavy atom. The molecule has 7 heteroatoms. The fraction of sp³-hybridized carbons (Fsp3) is 0.316. The van der Waals surface area contributed by atoms with Crippen molar-refractivity contribution in [2.45, 2.75) is 19.3 Å². The van der Waals surface area contributed by atoms with Gasteiger partial charge in [0.05, 0.1) is 24.5 Å². The molecule has 2 aromatic carbocycles. The van der Waals surface area contributed by atoms with Gasteiger partial charge in [0.2, 0.25) is 15.9 Å². The maximum Gasteiger partial charge on any atom is 0.235 e. The minimum Gasteiger partial charge on any atom is -0.493 e. The van der Waals surface area contributed by atoms with E-state index in [0.29, 0.717) is 24.3 Å². The number of carbonyl (C=O) groups is 1. The molecule has 1 amide bonds. The van der Waals surface area contributed by atoms with Gasteiger partial charge in [0.1, 0.15) is 5.75 Å². The van der Waals surface area contributed by atoms with Crippen LogP contribution in [-0.4, -0.2) is 33.2 Å². The lowest BCUT2D eigenvalue weighted by Crippen LogP contribution is -2.37. The molecule has 2 aromatic rings. The number of sulfonamides is 1. The van der Waals surface area contributed by atoms with Crippen molar-refractivity contribution in [1.29, 1.82) is 0 Å². The van der Waals surface area contributed by atoms with E-state index in [9.17, 15) is 13.2 Å². The number of ether oxygens (including phenoxy) is 1. The Balaban J connectivity index is 1.57. The molecule has 6 nitrogen and oxygen atoms in total. The zero-order valence-electron chi connectivity index (χ0n) is 14.4. The first-order valence-corrected chi connectivity index (χ1v) is 10.2. The fourth-order valence-electron chi connectivity index (χ4n) is 2.82. The van der Waals surface area contributed by atoms with Crippen LogP contribution in [0, 0.1) is 0 Å². The molecule has 0 spiro atoms. The zero-order chi connectivity index (χ0) is 18.4. The molecule has 1 saturated heterocycles. The van der Waals surface area contributed by atoms with Crippen LogP contribution in [0.1, 0.15) is 19.3 Å². The monoisotopic (exact) mass is 374 g/mol. The molecule has 138 valence electrons. The largest absolute Gasteiger partial charge is 0.493 e. The Hall–Kier alpha value is -2.54. The van der Waals surface area contributed by atoms with Crippen LogP contribution in [0.2, 0.25) is 0 Å². The smallest absolute Gasteiger partial charge is 0.235 e. The summed E-state index contributed by atoms with van der Waals surface area (Å²) < 4.78 is 31.4. The first-order valence-electron chi connectivity index (χ1n) is 8.63. The van der Waals surface area contributed by atoms with E-state index in [1.165, 1.54) is 4.31 Å². The van der Waals surface area contributed by atoms with Crippen molar-refractivity contribution in [2.24, 2.45) is 0 Å². The molecule has 0 atom stereocenters. The van der Waals surface area contributed by atoms with Gasteiger partial charge in [0, 0.05) is 12.2 Å². The number of para-hydroxylation sites is 1. The summed E-state index contributed by atoms with van der Waals surface area (Å²) in [4.78, 5) is 12.1. The van der Waals surface area contributed by atoms with E-state index in [1.807, 2.05) is 30.3 Å². The molecule has 1 aliphatic heterocycles. The van der Waals surface area contributed by atoms with Crippen molar-refractivity contribution in [1.82, 2.24) is 0 Å². The van der Waals surface area contributed by atoms with Gasteiger partial charge in [0.15, 0.2) is 0 Å². The predicted molar refractivity (Wildman–Crippen MR) is 102 cm³/mol. The summed E-state index contributed by atoms with van der Waals surface area (Å²) in [6, 6.07) is 16.2. The third-order valence-corrected chi connectivity index (χ3v) is 5.98. The van der Waals surface area contributed by atoms with Crippen LogP contribution in [0.3, 0.4) is 0 Å². The maximum atomic E-state index is 12.2. The van der Waals surface area contributed by atoms with E-state index in [1.54, 1.807) is 24.3 Å². The van der Waals surface area contributed by atoms with Gasteiger partial charge in [-0.05, 0) is 43.2 Å². The van der Waals surface area contributed by atoms with Crippen LogP contribution in [0.15, 0.2) is 54.6 Å². The molecule has 1 fully saturated rings. The normalized spacial score (nSPS) is 16.1. The second-order valence-electron chi connectivity index (χ2n) is 6.11. The van der Waals surface area contributed by atoms with Crippen LogP contribution in [-0.2, 0) is 14.8 Å². The number of amides is 1. The predicted octanol–water partition coefficient (Wildman–Crippen LogP) is 3.02. The summed E-state index contributed by atoms with van der Waals surface area (Å²) in [6.45, 7) is 0.751. The molecular weight excluding hydrogens is 352 g/mol. The number of benzene rings is 2. The van der Waals surface area contributed by atoms with E-state index >= 15 is 0 Å². The van der Waals surface area contributed by atoms with Gasteiger partial charge in [-0.15, -0.1) is 0 Å². The van der Waals surface area contributed by atoms with Crippen molar-refractivity contribution >= 4 is 27.3 Å². The molecule has 0 aliphatic carbocycles. The second-order valence-corrected chi connectivity index (χ2v) is 8.12. The van der Waals surface area contributed by atoms with Crippen LogP contribution >= 0.6 is 0 Å². The molecule has 0 bridgehead atoms. The Bertz CT molecular complexity index is 853. The van der Waals surface area contributed by atoms with Crippen LogP contribution < -0.4 is 14.4 Å². The maximum absolute atomic E-state index is 12.2. The van der Waals surface area contributed by atoms with Gasteiger partial charge in [0.25, 0.3) is 0 Å². The molecule has 1 N–H and O–H groups in total. The standard InChI is InChI=1S/C19H22N2O4S/c22-19(11-13-25-18-9-2-1-3-10-18)20-16-7-6-8-17(15-16)21-12-4-5-14-26(21,23)24/h1-3,6-10,15H,4-5,11-14H2,(H,20,22). The molecule has 26 heavy (non-hydrogen) atoms. The third-order valence-electron chi connectivity index (χ3n) is 4.11. The van der Waals surface area contributed by atoms with E-state index in [2.05, 4.69) is 5.32 Å². The highest BCUT2D eigenvalue weighted by Crippen LogP contribution is 2.26. The molecule has 1 aliphatic rings. The van der Waals surface area contributed by atoms with Gasteiger partial charge < -0.3 is 10.1 Å². The van der Waals surface area contributed by atoms with Crippen molar-refractivity contribution in [3.05, 3.63) is 54.6 Å². The number of nitrogens with zero attached hydrogens (tertiary/aromatic N) is 1. The summed E-state index contributed by atoms with van der Waals surface area (Å²) >= 11 is 0. The fourth-order valence-corrected chi connectivity index (χ4v) is 4.45.